The Hall–Kier alpha value is -2.73. The van der Waals surface area contributed by atoms with Crippen LogP contribution in [0, 0.1) is 0 Å². The van der Waals surface area contributed by atoms with E-state index in [0.717, 1.165) is 17.4 Å². The van der Waals surface area contributed by atoms with Crippen molar-refractivity contribution in [1.82, 2.24) is 0 Å². The number of aldehydes is 1. The maximum Gasteiger partial charge on any atom is 0.165 e. The first-order valence-electron chi connectivity index (χ1n) is 7.44. The lowest BCUT2D eigenvalue weighted by molar-refractivity contribution is 0.112. The average molecular weight is 330 g/mol. The molecule has 2 aromatic rings. The zero-order valence-corrected chi connectivity index (χ0v) is 13.4. The predicted octanol–water partition coefficient (Wildman–Crippen LogP) is 2.43. The van der Waals surface area contributed by atoms with Gasteiger partial charge in [0.1, 0.15) is 12.4 Å². The molecule has 0 radical (unpaired) electrons. The number of carbonyl (C=O) groups excluding carboxylic acids is 1. The third-order valence-electron chi connectivity index (χ3n) is 4.20. The fraction of sp³-hybridized carbons (Fsp3) is 0.278. The Kier molecular flexibility index (Phi) is 4.31. The number of aliphatic hydroxyl groups excluding tert-OH is 1. The highest BCUT2D eigenvalue weighted by atomic mass is 16.5. The quantitative estimate of drug-likeness (QED) is 0.819. The van der Waals surface area contributed by atoms with Gasteiger partial charge < -0.3 is 24.4 Å². The second-order valence-corrected chi connectivity index (χ2v) is 5.52. The largest absolute Gasteiger partial charge is 0.504 e. The van der Waals surface area contributed by atoms with E-state index in [9.17, 15) is 15.0 Å². The van der Waals surface area contributed by atoms with Crippen LogP contribution in [0.4, 0.5) is 0 Å². The van der Waals surface area contributed by atoms with Crippen molar-refractivity contribution >= 4 is 6.29 Å². The Morgan fingerprint density at radius 1 is 1.17 bits per heavy atom. The Balaban J connectivity index is 2.07. The summed E-state index contributed by atoms with van der Waals surface area (Å²) in [6.45, 7) is -0.160. The number of ether oxygens (including phenoxy) is 3. The van der Waals surface area contributed by atoms with Gasteiger partial charge in [-0.1, -0.05) is 6.07 Å². The molecule has 3 rings (SSSR count). The minimum Gasteiger partial charge on any atom is -0.504 e. The van der Waals surface area contributed by atoms with Gasteiger partial charge in [0.25, 0.3) is 0 Å². The molecule has 0 saturated heterocycles. The van der Waals surface area contributed by atoms with E-state index in [4.69, 9.17) is 14.2 Å². The van der Waals surface area contributed by atoms with Crippen LogP contribution in [0.5, 0.6) is 23.0 Å². The maximum absolute atomic E-state index is 11.1. The molecule has 6 heteroatoms. The van der Waals surface area contributed by atoms with E-state index in [0.29, 0.717) is 22.8 Å². The molecule has 0 spiro atoms. The number of rotatable bonds is 5. The van der Waals surface area contributed by atoms with Gasteiger partial charge in [0.05, 0.1) is 26.7 Å². The molecule has 1 aliphatic heterocycles. The number of phenolic OH excluding ortho intramolecular Hbond substituents is 1. The molecule has 1 heterocycles. The van der Waals surface area contributed by atoms with Crippen molar-refractivity contribution in [1.29, 1.82) is 0 Å². The first-order valence-corrected chi connectivity index (χ1v) is 7.44. The highest BCUT2D eigenvalue weighted by Gasteiger charge is 2.38. The Morgan fingerprint density at radius 3 is 2.54 bits per heavy atom. The third-order valence-corrected chi connectivity index (χ3v) is 4.20. The summed E-state index contributed by atoms with van der Waals surface area (Å²) in [5.41, 5.74) is 1.92. The number of phenols is 1. The molecule has 2 N–H and O–H groups in total. The molecule has 0 amide bonds. The molecule has 0 bridgehead atoms. The van der Waals surface area contributed by atoms with Crippen LogP contribution < -0.4 is 14.2 Å². The summed E-state index contributed by atoms with van der Waals surface area (Å²) >= 11 is 0. The second kappa shape index (κ2) is 6.41. The molecule has 0 saturated carbocycles. The number of aromatic hydroxyl groups is 1. The molecule has 2 atom stereocenters. The van der Waals surface area contributed by atoms with E-state index < -0.39 is 6.10 Å². The first-order chi connectivity index (χ1) is 11.6. The van der Waals surface area contributed by atoms with Crippen molar-refractivity contribution in [2.24, 2.45) is 0 Å². The van der Waals surface area contributed by atoms with Gasteiger partial charge in [0.2, 0.25) is 0 Å². The van der Waals surface area contributed by atoms with Gasteiger partial charge in [0, 0.05) is 11.1 Å². The molecule has 0 unspecified atom stereocenters. The van der Waals surface area contributed by atoms with Gasteiger partial charge in [-0.15, -0.1) is 0 Å². The van der Waals surface area contributed by atoms with Crippen molar-refractivity contribution in [2.75, 3.05) is 20.8 Å². The van der Waals surface area contributed by atoms with Crippen molar-refractivity contribution in [3.05, 3.63) is 47.0 Å². The standard InChI is InChI=1S/C18H18O6/c1-22-15-7-11(3-4-14(15)21)17-13(9-20)12-5-10(8-19)6-16(23-2)18(12)24-17/h3-8,13,17,20-21H,9H2,1-2H3/t13-,17-/m0/s1. The normalized spacial score (nSPS) is 18.6. The summed E-state index contributed by atoms with van der Waals surface area (Å²) in [6, 6.07) is 8.19. The lowest BCUT2D eigenvalue weighted by Gasteiger charge is -2.18. The molecule has 0 aliphatic carbocycles. The van der Waals surface area contributed by atoms with Gasteiger partial charge >= 0.3 is 0 Å². The number of fused-ring (bicyclic) bond motifs is 1. The van der Waals surface area contributed by atoms with Crippen molar-refractivity contribution in [3.63, 3.8) is 0 Å². The van der Waals surface area contributed by atoms with Crippen LogP contribution in [0.25, 0.3) is 0 Å². The van der Waals surface area contributed by atoms with Gasteiger partial charge in [-0.2, -0.15) is 0 Å². The van der Waals surface area contributed by atoms with E-state index in [1.165, 1.54) is 20.3 Å². The molecule has 126 valence electrons. The number of aliphatic hydroxyl groups is 1. The minimum absolute atomic E-state index is 0.0260. The molecule has 6 nitrogen and oxygen atoms in total. The van der Waals surface area contributed by atoms with Crippen LogP contribution in [0.1, 0.15) is 33.5 Å². The van der Waals surface area contributed by atoms with E-state index in [-0.39, 0.29) is 18.3 Å². The van der Waals surface area contributed by atoms with E-state index in [2.05, 4.69) is 0 Å². The lowest BCUT2D eigenvalue weighted by atomic mass is 9.90. The Labute approximate surface area is 139 Å². The first kappa shape index (κ1) is 16.1. The lowest BCUT2D eigenvalue weighted by Crippen LogP contribution is -2.13. The SMILES string of the molecule is COc1cc([C@@H]2Oc3c(OC)cc(C=O)cc3[C@@H]2CO)ccc1O. The summed E-state index contributed by atoms with van der Waals surface area (Å²) in [5.74, 6) is 0.950. The summed E-state index contributed by atoms with van der Waals surface area (Å²) in [7, 11) is 2.96. The summed E-state index contributed by atoms with van der Waals surface area (Å²) in [4.78, 5) is 11.1. The number of methoxy groups -OCH3 is 2. The van der Waals surface area contributed by atoms with Crippen molar-refractivity contribution in [2.45, 2.75) is 12.0 Å². The number of hydrogen-bond donors (Lipinski definition) is 2. The zero-order valence-electron chi connectivity index (χ0n) is 13.4. The molecule has 24 heavy (non-hydrogen) atoms. The average Bonchev–Trinajstić information content (AvgIpc) is 2.99. The monoisotopic (exact) mass is 330 g/mol. The van der Waals surface area contributed by atoms with Crippen LogP contribution >= 0.6 is 0 Å². The maximum atomic E-state index is 11.1. The molecular formula is C18H18O6. The van der Waals surface area contributed by atoms with E-state index in [1.54, 1.807) is 24.3 Å². The second-order valence-electron chi connectivity index (χ2n) is 5.52. The molecule has 0 fully saturated rings. The van der Waals surface area contributed by atoms with Crippen LogP contribution in [-0.2, 0) is 0 Å². The van der Waals surface area contributed by atoms with Gasteiger partial charge in [-0.05, 0) is 29.8 Å². The predicted molar refractivity (Wildman–Crippen MR) is 86.2 cm³/mol. The van der Waals surface area contributed by atoms with Gasteiger partial charge in [-0.25, -0.2) is 0 Å². The smallest absolute Gasteiger partial charge is 0.165 e. The fourth-order valence-corrected chi connectivity index (χ4v) is 3.00. The molecular weight excluding hydrogens is 312 g/mol. The molecule has 2 aromatic carbocycles. The third kappa shape index (κ3) is 2.55. The van der Waals surface area contributed by atoms with E-state index in [1.807, 2.05) is 0 Å². The van der Waals surface area contributed by atoms with Gasteiger partial charge in [0.15, 0.2) is 23.0 Å². The minimum atomic E-state index is -0.477. The topological polar surface area (TPSA) is 85.2 Å². The number of benzene rings is 2. The zero-order chi connectivity index (χ0) is 17.3. The highest BCUT2D eigenvalue weighted by Crippen LogP contribution is 2.51. The Morgan fingerprint density at radius 2 is 1.92 bits per heavy atom. The Bertz CT molecular complexity index is 770. The van der Waals surface area contributed by atoms with Crippen molar-refractivity contribution in [3.8, 4) is 23.0 Å². The fourth-order valence-electron chi connectivity index (χ4n) is 3.00. The van der Waals surface area contributed by atoms with Gasteiger partial charge in [-0.3, -0.25) is 4.79 Å². The van der Waals surface area contributed by atoms with Crippen LogP contribution in [0.3, 0.4) is 0 Å². The summed E-state index contributed by atoms with van der Waals surface area (Å²) in [5, 5.41) is 19.6. The molecule has 1 aliphatic rings. The number of hydrogen-bond acceptors (Lipinski definition) is 6. The highest BCUT2D eigenvalue weighted by molar-refractivity contribution is 5.78. The van der Waals surface area contributed by atoms with Crippen LogP contribution in [0.15, 0.2) is 30.3 Å². The van der Waals surface area contributed by atoms with Crippen LogP contribution in [-0.4, -0.2) is 37.3 Å². The number of carbonyl (C=O) groups is 1. The van der Waals surface area contributed by atoms with Crippen LogP contribution in [0.2, 0.25) is 0 Å². The summed E-state index contributed by atoms with van der Waals surface area (Å²) < 4.78 is 16.5. The molecule has 0 aromatic heterocycles. The van der Waals surface area contributed by atoms with Crippen molar-refractivity contribution < 1.29 is 29.2 Å². The summed E-state index contributed by atoms with van der Waals surface area (Å²) in [6.07, 6.45) is 0.254. The van der Waals surface area contributed by atoms with E-state index >= 15 is 0 Å².